The zero-order valence-electron chi connectivity index (χ0n) is 16.0. The van der Waals surface area contributed by atoms with Crippen LogP contribution in [-0.4, -0.2) is 50.2 Å². The number of nitrogens with zero attached hydrogens (tertiary/aromatic N) is 3. The van der Waals surface area contributed by atoms with Gasteiger partial charge in [-0.2, -0.15) is 0 Å². The van der Waals surface area contributed by atoms with Gasteiger partial charge in [0.25, 0.3) is 0 Å². The van der Waals surface area contributed by atoms with Crippen LogP contribution in [0.5, 0.6) is 0 Å². The maximum Gasteiger partial charge on any atom is 0.193 e. The van der Waals surface area contributed by atoms with E-state index in [1.165, 1.54) is 0 Å². The first-order chi connectivity index (χ1) is 12.4. The van der Waals surface area contributed by atoms with Gasteiger partial charge in [0.2, 0.25) is 0 Å². The van der Waals surface area contributed by atoms with Crippen molar-refractivity contribution in [1.82, 2.24) is 15.2 Å². The molecule has 1 heterocycles. The first kappa shape index (κ1) is 23.8. The Hall–Kier alpha value is -1.20. The Morgan fingerprint density at radius 1 is 1.33 bits per heavy atom. The number of hydrogen-bond acceptors (Lipinski definition) is 5. The van der Waals surface area contributed by atoms with E-state index in [1.807, 2.05) is 37.2 Å². The molecular formula is C18H27IN4O2S2. The molecule has 1 unspecified atom stereocenters. The highest BCUT2D eigenvalue weighted by atomic mass is 127. The molecule has 0 amide bonds. The molecule has 0 aliphatic heterocycles. The number of benzene rings is 1. The van der Waals surface area contributed by atoms with Gasteiger partial charge in [-0.3, -0.25) is 4.99 Å². The van der Waals surface area contributed by atoms with E-state index in [0.717, 1.165) is 10.7 Å². The minimum atomic E-state index is -3.35. The van der Waals surface area contributed by atoms with E-state index in [1.54, 1.807) is 42.6 Å². The van der Waals surface area contributed by atoms with Crippen LogP contribution in [0.2, 0.25) is 0 Å². The average Bonchev–Trinajstić information content (AvgIpc) is 3.03. The molecule has 1 aromatic heterocycles. The predicted octanol–water partition coefficient (Wildman–Crippen LogP) is 3.33. The van der Waals surface area contributed by atoms with Crippen LogP contribution in [0.25, 0.3) is 0 Å². The number of sulfone groups is 1. The van der Waals surface area contributed by atoms with Crippen LogP contribution >= 0.6 is 35.3 Å². The number of nitrogens with one attached hydrogen (secondary N) is 1. The fraction of sp³-hybridized carbons (Fsp3) is 0.444. The molecule has 0 saturated carbocycles. The number of hydrogen-bond donors (Lipinski definition) is 1. The van der Waals surface area contributed by atoms with Crippen LogP contribution in [0.4, 0.5) is 0 Å². The zero-order chi connectivity index (χ0) is 19.2. The van der Waals surface area contributed by atoms with Crippen molar-refractivity contribution in [1.29, 1.82) is 0 Å². The van der Waals surface area contributed by atoms with E-state index in [9.17, 15) is 8.42 Å². The highest BCUT2D eigenvalue weighted by molar-refractivity contribution is 14.0. The van der Waals surface area contributed by atoms with Crippen LogP contribution in [-0.2, 0) is 16.4 Å². The van der Waals surface area contributed by atoms with E-state index < -0.39 is 9.84 Å². The molecule has 0 fully saturated rings. The first-order valence-electron chi connectivity index (χ1n) is 8.49. The number of thiazole rings is 1. The number of aryl methyl sites for hydroxylation is 1. The topological polar surface area (TPSA) is 74.7 Å². The summed E-state index contributed by atoms with van der Waals surface area (Å²) in [6.07, 6.45) is 0.675. The van der Waals surface area contributed by atoms with Gasteiger partial charge in [0, 0.05) is 25.5 Å². The van der Waals surface area contributed by atoms with Crippen molar-refractivity contribution in [2.24, 2.45) is 4.99 Å². The Kier molecular flexibility index (Phi) is 9.68. The molecule has 1 N–H and O–H groups in total. The molecule has 2 aromatic rings. The van der Waals surface area contributed by atoms with E-state index in [4.69, 9.17) is 0 Å². The second kappa shape index (κ2) is 11.0. The second-order valence-corrected chi connectivity index (χ2v) is 9.20. The Balaban J connectivity index is 0.00000364. The third-order valence-corrected chi connectivity index (χ3v) is 6.64. The van der Waals surface area contributed by atoms with Crippen molar-refractivity contribution >= 4 is 51.1 Å². The third kappa shape index (κ3) is 7.04. The lowest BCUT2D eigenvalue weighted by atomic mass is 10.2. The molecule has 0 saturated heterocycles. The molecule has 0 aliphatic carbocycles. The van der Waals surface area contributed by atoms with Gasteiger partial charge in [0.15, 0.2) is 15.8 Å². The number of aliphatic imine (C=N–C) groups is 1. The Labute approximate surface area is 183 Å². The summed E-state index contributed by atoms with van der Waals surface area (Å²) < 4.78 is 25.3. The molecule has 27 heavy (non-hydrogen) atoms. The van der Waals surface area contributed by atoms with Gasteiger partial charge in [-0.05, 0) is 25.5 Å². The summed E-state index contributed by atoms with van der Waals surface area (Å²) in [6, 6.07) is 8.33. The Morgan fingerprint density at radius 2 is 2.00 bits per heavy atom. The normalized spacial score (nSPS) is 13.0. The summed E-state index contributed by atoms with van der Waals surface area (Å²) >= 11 is 1.61. The molecule has 0 aliphatic rings. The van der Waals surface area contributed by atoms with Crippen LogP contribution < -0.4 is 5.32 Å². The number of rotatable bonds is 7. The van der Waals surface area contributed by atoms with Crippen LogP contribution in [0.3, 0.4) is 0 Å². The maximum atomic E-state index is 12.6. The highest BCUT2D eigenvalue weighted by Crippen LogP contribution is 2.13. The van der Waals surface area contributed by atoms with Crippen molar-refractivity contribution < 1.29 is 8.42 Å². The van der Waals surface area contributed by atoms with E-state index >= 15 is 0 Å². The Morgan fingerprint density at radius 3 is 2.52 bits per heavy atom. The van der Waals surface area contributed by atoms with Gasteiger partial charge in [0.1, 0.15) is 0 Å². The van der Waals surface area contributed by atoms with Gasteiger partial charge >= 0.3 is 0 Å². The van der Waals surface area contributed by atoms with Crippen molar-refractivity contribution in [3.05, 3.63) is 46.4 Å². The molecule has 0 radical (unpaired) electrons. The zero-order valence-corrected chi connectivity index (χ0v) is 20.0. The quantitative estimate of drug-likeness (QED) is 0.343. The Bertz CT molecular complexity index is 838. The average molecular weight is 522 g/mol. The van der Waals surface area contributed by atoms with E-state index in [-0.39, 0.29) is 35.8 Å². The summed E-state index contributed by atoms with van der Waals surface area (Å²) in [5.41, 5.74) is 0.975. The SMILES string of the molecule is CCC(CS(=O)(=O)c1ccccc1)NC(=NC)N(C)Cc1csc(C)n1.I. The summed E-state index contributed by atoms with van der Waals surface area (Å²) in [4.78, 5) is 11.1. The summed E-state index contributed by atoms with van der Waals surface area (Å²) in [5.74, 6) is 0.682. The summed E-state index contributed by atoms with van der Waals surface area (Å²) in [5, 5.41) is 6.33. The minimum Gasteiger partial charge on any atom is -0.352 e. The fourth-order valence-electron chi connectivity index (χ4n) is 2.58. The van der Waals surface area contributed by atoms with Crippen LogP contribution in [0.15, 0.2) is 45.6 Å². The van der Waals surface area contributed by atoms with E-state index in [0.29, 0.717) is 23.8 Å². The second-order valence-electron chi connectivity index (χ2n) is 6.11. The number of guanidine groups is 1. The third-order valence-electron chi connectivity index (χ3n) is 3.99. The summed E-state index contributed by atoms with van der Waals surface area (Å²) in [7, 11) is 0.264. The minimum absolute atomic E-state index is 0. The molecule has 9 heteroatoms. The van der Waals surface area contributed by atoms with Gasteiger partial charge in [-0.1, -0.05) is 25.1 Å². The fourth-order valence-corrected chi connectivity index (χ4v) is 4.79. The molecule has 6 nitrogen and oxygen atoms in total. The van der Waals surface area contributed by atoms with Gasteiger partial charge in [-0.25, -0.2) is 13.4 Å². The molecule has 1 atom stereocenters. The lowest BCUT2D eigenvalue weighted by Crippen LogP contribution is -2.46. The first-order valence-corrected chi connectivity index (χ1v) is 11.0. The van der Waals surface area contributed by atoms with Crippen molar-refractivity contribution in [3.63, 3.8) is 0 Å². The van der Waals surface area contributed by atoms with Crippen molar-refractivity contribution in [2.45, 2.75) is 37.8 Å². The lowest BCUT2D eigenvalue weighted by molar-refractivity contribution is 0.455. The molecule has 2 rings (SSSR count). The summed E-state index contributed by atoms with van der Waals surface area (Å²) in [6.45, 7) is 4.56. The van der Waals surface area contributed by atoms with Crippen LogP contribution in [0, 0.1) is 6.92 Å². The molecular weight excluding hydrogens is 495 g/mol. The molecule has 1 aromatic carbocycles. The highest BCUT2D eigenvalue weighted by Gasteiger charge is 2.22. The molecule has 0 spiro atoms. The van der Waals surface area contributed by atoms with Crippen molar-refractivity contribution in [3.8, 4) is 0 Å². The monoisotopic (exact) mass is 522 g/mol. The van der Waals surface area contributed by atoms with Gasteiger partial charge < -0.3 is 10.2 Å². The smallest absolute Gasteiger partial charge is 0.193 e. The lowest BCUT2D eigenvalue weighted by Gasteiger charge is -2.26. The van der Waals surface area contributed by atoms with Gasteiger partial charge in [-0.15, -0.1) is 35.3 Å². The largest absolute Gasteiger partial charge is 0.352 e. The predicted molar refractivity (Wildman–Crippen MR) is 123 cm³/mol. The van der Waals surface area contributed by atoms with Crippen LogP contribution in [0.1, 0.15) is 24.0 Å². The molecule has 150 valence electrons. The van der Waals surface area contributed by atoms with E-state index in [2.05, 4.69) is 15.3 Å². The van der Waals surface area contributed by atoms with Gasteiger partial charge in [0.05, 0.1) is 27.9 Å². The number of aromatic nitrogens is 1. The standard InChI is InChI=1S/C18H26N4O2S2.HI/c1-5-15(13-26(23,24)17-9-7-6-8-10-17)21-18(19-3)22(4)11-16-12-25-14(2)20-16;/h6-10,12,15H,5,11,13H2,1-4H3,(H,19,21);1H. The molecule has 0 bridgehead atoms. The van der Waals surface area contributed by atoms with Crippen molar-refractivity contribution in [2.75, 3.05) is 19.8 Å². The number of halogens is 1. The maximum absolute atomic E-state index is 12.6.